The highest BCUT2D eigenvalue weighted by Crippen LogP contribution is 2.47. The van der Waals surface area contributed by atoms with Gasteiger partial charge < -0.3 is 10.0 Å². The van der Waals surface area contributed by atoms with Crippen LogP contribution < -0.4 is 4.90 Å². The topological polar surface area (TPSA) is 40.5 Å². The second-order valence-electron chi connectivity index (χ2n) is 5.39. The smallest absolute Gasteiger partial charge is 0.303 e. The molecule has 0 aromatic heterocycles. The largest absolute Gasteiger partial charge is 0.481 e. The van der Waals surface area contributed by atoms with Gasteiger partial charge in [-0.05, 0) is 37.1 Å². The lowest BCUT2D eigenvalue weighted by molar-refractivity contribution is -0.137. The van der Waals surface area contributed by atoms with Crippen molar-refractivity contribution in [1.82, 2.24) is 0 Å². The Bertz CT molecular complexity index is 626. The molecular weight excluding hydrogens is 294 g/mol. The molecule has 2 aromatic carbocycles. The SMILES string of the molecule is O=C(O)CCCCCN1c2ccccc2Sc2ccccc21. The number of carboxylic acid groups (broad SMARTS) is 1. The second kappa shape index (κ2) is 6.88. The van der Waals surface area contributed by atoms with Crippen molar-refractivity contribution in [3.05, 3.63) is 48.5 Å². The number of benzene rings is 2. The van der Waals surface area contributed by atoms with Gasteiger partial charge in [-0.25, -0.2) is 0 Å². The van der Waals surface area contributed by atoms with E-state index in [-0.39, 0.29) is 6.42 Å². The fourth-order valence-corrected chi connectivity index (χ4v) is 3.84. The van der Waals surface area contributed by atoms with E-state index < -0.39 is 5.97 Å². The molecule has 4 heteroatoms. The summed E-state index contributed by atoms with van der Waals surface area (Å²) >= 11 is 1.81. The summed E-state index contributed by atoms with van der Waals surface area (Å²) < 4.78 is 0. The molecule has 114 valence electrons. The second-order valence-corrected chi connectivity index (χ2v) is 6.48. The van der Waals surface area contributed by atoms with Crippen LogP contribution in [0, 0.1) is 0 Å². The zero-order valence-electron chi connectivity index (χ0n) is 12.4. The number of fused-ring (bicyclic) bond motifs is 2. The molecule has 3 rings (SSSR count). The van der Waals surface area contributed by atoms with Crippen molar-refractivity contribution in [1.29, 1.82) is 0 Å². The van der Waals surface area contributed by atoms with Gasteiger partial charge >= 0.3 is 5.97 Å². The van der Waals surface area contributed by atoms with E-state index in [1.54, 1.807) is 0 Å². The summed E-state index contributed by atoms with van der Waals surface area (Å²) in [5, 5.41) is 8.71. The van der Waals surface area contributed by atoms with Gasteiger partial charge in [0.25, 0.3) is 0 Å². The number of anilines is 2. The van der Waals surface area contributed by atoms with Gasteiger partial charge in [-0.15, -0.1) is 0 Å². The molecular formula is C18H19NO2S. The van der Waals surface area contributed by atoms with Crippen LogP contribution in [0.2, 0.25) is 0 Å². The zero-order valence-corrected chi connectivity index (χ0v) is 13.2. The predicted molar refractivity (Wildman–Crippen MR) is 90.1 cm³/mol. The Morgan fingerprint density at radius 1 is 0.909 bits per heavy atom. The van der Waals surface area contributed by atoms with E-state index in [1.165, 1.54) is 21.2 Å². The maximum atomic E-state index is 10.6. The highest BCUT2D eigenvalue weighted by molar-refractivity contribution is 7.99. The molecule has 0 saturated heterocycles. The number of carbonyl (C=O) groups is 1. The van der Waals surface area contributed by atoms with Gasteiger partial charge in [0.15, 0.2) is 0 Å². The zero-order chi connectivity index (χ0) is 15.4. The van der Waals surface area contributed by atoms with Crippen molar-refractivity contribution in [3.8, 4) is 0 Å². The Kier molecular flexibility index (Phi) is 4.68. The minimum atomic E-state index is -0.704. The third kappa shape index (κ3) is 3.28. The van der Waals surface area contributed by atoms with Gasteiger partial charge in [0, 0.05) is 22.8 Å². The highest BCUT2D eigenvalue weighted by Gasteiger charge is 2.22. The van der Waals surface area contributed by atoms with Crippen LogP contribution in [-0.2, 0) is 4.79 Å². The van der Waals surface area contributed by atoms with Crippen LogP contribution in [0.15, 0.2) is 58.3 Å². The number of hydrogen-bond donors (Lipinski definition) is 1. The summed E-state index contributed by atoms with van der Waals surface area (Å²) in [5.74, 6) is -0.704. The Morgan fingerprint density at radius 3 is 2.09 bits per heavy atom. The first-order valence-electron chi connectivity index (χ1n) is 7.61. The summed E-state index contributed by atoms with van der Waals surface area (Å²) in [4.78, 5) is 15.5. The molecule has 1 aliphatic heterocycles. The number of aliphatic carboxylic acids is 1. The summed E-state index contributed by atoms with van der Waals surface area (Å²) in [5.41, 5.74) is 2.51. The number of carboxylic acids is 1. The third-order valence-corrected chi connectivity index (χ3v) is 4.93. The van der Waals surface area contributed by atoms with Crippen molar-refractivity contribution in [2.45, 2.75) is 35.5 Å². The molecule has 3 nitrogen and oxygen atoms in total. The summed E-state index contributed by atoms with van der Waals surface area (Å²) in [6.07, 6.45) is 2.96. The average Bonchev–Trinajstić information content (AvgIpc) is 2.53. The molecule has 0 saturated carbocycles. The van der Waals surface area contributed by atoms with Gasteiger partial charge in [-0.1, -0.05) is 42.4 Å². The summed E-state index contributed by atoms with van der Waals surface area (Å²) in [6, 6.07) is 16.9. The quantitative estimate of drug-likeness (QED) is 0.767. The van der Waals surface area contributed by atoms with E-state index in [4.69, 9.17) is 5.11 Å². The molecule has 0 atom stereocenters. The lowest BCUT2D eigenvalue weighted by Gasteiger charge is -2.32. The van der Waals surface area contributed by atoms with Crippen LogP contribution in [0.1, 0.15) is 25.7 Å². The van der Waals surface area contributed by atoms with Crippen LogP contribution in [0.4, 0.5) is 11.4 Å². The van der Waals surface area contributed by atoms with E-state index in [9.17, 15) is 4.79 Å². The van der Waals surface area contributed by atoms with Crippen molar-refractivity contribution in [2.24, 2.45) is 0 Å². The predicted octanol–water partition coefficient (Wildman–Crippen LogP) is 4.93. The van der Waals surface area contributed by atoms with Gasteiger partial charge in [0.1, 0.15) is 0 Å². The van der Waals surface area contributed by atoms with E-state index >= 15 is 0 Å². The van der Waals surface area contributed by atoms with E-state index in [2.05, 4.69) is 53.4 Å². The first-order valence-corrected chi connectivity index (χ1v) is 8.42. The van der Waals surface area contributed by atoms with Crippen LogP contribution in [0.3, 0.4) is 0 Å². The molecule has 1 N–H and O–H groups in total. The van der Waals surface area contributed by atoms with Gasteiger partial charge in [0.05, 0.1) is 11.4 Å². The van der Waals surface area contributed by atoms with E-state index in [0.29, 0.717) is 0 Å². The molecule has 0 fully saturated rings. The summed E-state index contributed by atoms with van der Waals surface area (Å²) in [7, 11) is 0. The fraction of sp³-hybridized carbons (Fsp3) is 0.278. The number of unbranched alkanes of at least 4 members (excludes halogenated alkanes) is 2. The summed E-state index contributed by atoms with van der Waals surface area (Å²) in [6.45, 7) is 0.925. The van der Waals surface area contributed by atoms with Crippen LogP contribution >= 0.6 is 11.8 Å². The monoisotopic (exact) mass is 313 g/mol. The Balaban J connectivity index is 1.74. The molecule has 0 radical (unpaired) electrons. The molecule has 0 unspecified atom stereocenters. The van der Waals surface area contributed by atoms with Crippen LogP contribution in [0.25, 0.3) is 0 Å². The van der Waals surface area contributed by atoms with Crippen molar-refractivity contribution >= 4 is 29.1 Å². The normalized spacial score (nSPS) is 12.6. The highest BCUT2D eigenvalue weighted by atomic mass is 32.2. The first kappa shape index (κ1) is 15.0. The number of para-hydroxylation sites is 2. The number of rotatable bonds is 6. The lowest BCUT2D eigenvalue weighted by Crippen LogP contribution is -2.21. The third-order valence-electron chi connectivity index (χ3n) is 3.80. The van der Waals surface area contributed by atoms with Crippen molar-refractivity contribution < 1.29 is 9.90 Å². The molecule has 0 bridgehead atoms. The van der Waals surface area contributed by atoms with Gasteiger partial charge in [-0.2, -0.15) is 0 Å². The van der Waals surface area contributed by atoms with Gasteiger partial charge in [-0.3, -0.25) is 4.79 Å². The van der Waals surface area contributed by atoms with Crippen LogP contribution in [-0.4, -0.2) is 17.6 Å². The standard InChI is InChI=1S/C18H19NO2S/c20-18(21)12-2-1-7-13-19-14-8-3-5-10-16(14)22-17-11-6-4-9-15(17)19/h3-6,8-11H,1-2,7,12-13H2,(H,20,21). The lowest BCUT2D eigenvalue weighted by atomic mass is 10.1. The molecule has 0 aliphatic carbocycles. The molecule has 2 aromatic rings. The number of hydrogen-bond acceptors (Lipinski definition) is 3. The maximum absolute atomic E-state index is 10.6. The molecule has 22 heavy (non-hydrogen) atoms. The minimum absolute atomic E-state index is 0.267. The fourth-order valence-electron chi connectivity index (χ4n) is 2.74. The number of nitrogens with zero attached hydrogens (tertiary/aromatic N) is 1. The molecule has 1 heterocycles. The Labute approximate surface area is 135 Å². The average molecular weight is 313 g/mol. The van der Waals surface area contributed by atoms with Gasteiger partial charge in [0.2, 0.25) is 0 Å². The first-order chi connectivity index (χ1) is 10.8. The van der Waals surface area contributed by atoms with Crippen LogP contribution in [0.5, 0.6) is 0 Å². The molecule has 0 spiro atoms. The van der Waals surface area contributed by atoms with Crippen molar-refractivity contribution in [3.63, 3.8) is 0 Å². The Morgan fingerprint density at radius 2 is 1.50 bits per heavy atom. The van der Waals surface area contributed by atoms with E-state index in [1.807, 2.05) is 11.8 Å². The molecule has 1 aliphatic rings. The maximum Gasteiger partial charge on any atom is 0.303 e. The minimum Gasteiger partial charge on any atom is -0.481 e. The Hall–Kier alpha value is -1.94. The molecule has 0 amide bonds. The van der Waals surface area contributed by atoms with E-state index in [0.717, 1.165) is 25.8 Å². The van der Waals surface area contributed by atoms with Crippen molar-refractivity contribution in [2.75, 3.05) is 11.4 Å².